The van der Waals surface area contributed by atoms with Crippen LogP contribution in [0, 0.1) is 0 Å². The van der Waals surface area contributed by atoms with Gasteiger partial charge in [0.2, 0.25) is 5.82 Å². The number of rotatable bonds is 6. The van der Waals surface area contributed by atoms with Crippen molar-refractivity contribution in [3.8, 4) is 5.75 Å². The van der Waals surface area contributed by atoms with Crippen molar-refractivity contribution in [2.45, 2.75) is 45.4 Å². The summed E-state index contributed by atoms with van der Waals surface area (Å²) in [6, 6.07) is 12.5. The first-order valence-electron chi connectivity index (χ1n) is 9.86. The van der Waals surface area contributed by atoms with E-state index in [1.54, 1.807) is 18.2 Å². The van der Waals surface area contributed by atoms with E-state index in [4.69, 9.17) is 33.0 Å². The quantitative estimate of drug-likeness (QED) is 0.328. The van der Waals surface area contributed by atoms with Gasteiger partial charge in [0.25, 0.3) is 0 Å². The number of Topliss-reactive ketones (excluding diaryl/α,β-unsaturated/α-hetero) is 1. The lowest BCUT2D eigenvalue weighted by atomic mass is 10.1. The molecule has 0 atom stereocenters. The summed E-state index contributed by atoms with van der Waals surface area (Å²) in [5.41, 5.74) is 0.673. The third kappa shape index (κ3) is 5.89. The average molecular weight is 590 g/mol. The summed E-state index contributed by atoms with van der Waals surface area (Å²) in [4.78, 5) is 13.0. The van der Waals surface area contributed by atoms with E-state index in [1.165, 1.54) is 0 Å². The van der Waals surface area contributed by atoms with Gasteiger partial charge in [0, 0.05) is 26.6 Å². The summed E-state index contributed by atoms with van der Waals surface area (Å²) in [5, 5.41) is 5.76. The summed E-state index contributed by atoms with van der Waals surface area (Å²) < 4.78 is 10.9. The first-order valence-corrected chi connectivity index (χ1v) is 11.4. The number of fused-ring (bicyclic) bond motifs is 1. The van der Waals surface area contributed by atoms with Crippen molar-refractivity contribution in [1.29, 1.82) is 0 Å². The van der Waals surface area contributed by atoms with Gasteiger partial charge in [0.15, 0.2) is 12.4 Å². The van der Waals surface area contributed by atoms with Crippen LogP contribution in [0.15, 0.2) is 46.9 Å². The zero-order chi connectivity index (χ0) is 21.1. The second kappa shape index (κ2) is 10.9. The molecule has 0 aliphatic carbocycles. The molecule has 164 valence electrons. The molecule has 4 rings (SSSR count). The fourth-order valence-electron chi connectivity index (χ4n) is 3.60. The number of aryl methyl sites for hydroxylation is 1. The normalized spacial score (nSPS) is 13.1. The molecule has 1 aliphatic heterocycles. The van der Waals surface area contributed by atoms with E-state index in [1.807, 2.05) is 33.5 Å². The minimum Gasteiger partial charge on any atom is -1.00 e. The van der Waals surface area contributed by atoms with Crippen molar-refractivity contribution < 1.29 is 31.1 Å². The average Bonchev–Trinajstić information content (AvgIpc) is 2.88. The summed E-state index contributed by atoms with van der Waals surface area (Å²) in [7, 11) is 0. The zero-order valence-corrected chi connectivity index (χ0v) is 21.3. The molecule has 0 N–H and O–H groups in total. The summed E-state index contributed by atoms with van der Waals surface area (Å²) in [5.74, 6) is 2.36. The van der Waals surface area contributed by atoms with Crippen LogP contribution in [0.4, 0.5) is 0 Å². The van der Waals surface area contributed by atoms with Crippen LogP contribution in [0.1, 0.15) is 41.3 Å². The summed E-state index contributed by atoms with van der Waals surface area (Å²) in [6.07, 6.45) is 4.22. The fraction of sp³-hybridized carbons (Fsp3) is 0.318. The van der Waals surface area contributed by atoms with Gasteiger partial charge < -0.3 is 21.7 Å². The molecule has 3 aromatic rings. The molecule has 0 saturated carbocycles. The highest BCUT2D eigenvalue weighted by molar-refractivity contribution is 9.10. The Morgan fingerprint density at radius 2 is 1.90 bits per heavy atom. The number of carbonyl (C=O) groups excluding carboxylic acids is 1. The van der Waals surface area contributed by atoms with Gasteiger partial charge in [0.1, 0.15) is 18.8 Å². The molecule has 0 fully saturated rings. The maximum absolute atomic E-state index is 13.0. The molecule has 0 bridgehead atoms. The second-order valence-electron chi connectivity index (χ2n) is 7.25. The Morgan fingerprint density at radius 3 is 2.65 bits per heavy atom. The number of ether oxygens (including phenoxy) is 1. The largest absolute Gasteiger partial charge is 1.00 e. The first-order chi connectivity index (χ1) is 14.5. The molecule has 1 aliphatic rings. The van der Waals surface area contributed by atoms with Crippen LogP contribution >= 0.6 is 39.1 Å². The third-order valence-corrected chi connectivity index (χ3v) is 6.21. The minimum atomic E-state index is 0. The minimum absolute atomic E-state index is 0. The standard InChI is InChI=1S/C22H21BrCl2N3O2.BrH/c23-16-7-5-15(6-8-16)19(29)13-27-21(26-28-11-3-1-2-4-22(27)28)14-30-20-10-9-17(24)12-18(20)25;/h5-10,12H,1-4,11,13-14H2;1H/q+1;/p-1. The van der Waals surface area contributed by atoms with Crippen molar-refractivity contribution in [1.82, 2.24) is 9.78 Å². The second-order valence-corrected chi connectivity index (χ2v) is 9.01. The van der Waals surface area contributed by atoms with Crippen LogP contribution in [-0.4, -0.2) is 15.6 Å². The van der Waals surface area contributed by atoms with E-state index in [9.17, 15) is 4.79 Å². The number of aromatic nitrogens is 3. The highest BCUT2D eigenvalue weighted by Crippen LogP contribution is 2.28. The van der Waals surface area contributed by atoms with Crippen LogP contribution in [0.25, 0.3) is 0 Å². The number of hydrogen-bond acceptors (Lipinski definition) is 3. The predicted octanol–water partition coefficient (Wildman–Crippen LogP) is 2.43. The van der Waals surface area contributed by atoms with E-state index >= 15 is 0 Å². The topological polar surface area (TPSA) is 48.0 Å². The zero-order valence-electron chi connectivity index (χ0n) is 16.7. The molecular formula is C22H21Br2Cl2N3O2. The lowest BCUT2D eigenvalue weighted by Gasteiger charge is -2.08. The molecule has 2 aromatic carbocycles. The Morgan fingerprint density at radius 1 is 1.13 bits per heavy atom. The Balaban J connectivity index is 0.00000272. The molecule has 0 saturated heterocycles. The highest BCUT2D eigenvalue weighted by Gasteiger charge is 2.29. The Bertz CT molecular complexity index is 1070. The number of hydrogen-bond donors (Lipinski definition) is 0. The number of carbonyl (C=O) groups is 1. The molecule has 0 unspecified atom stereocenters. The SMILES string of the molecule is O=C(C[n+]1c(COc2ccc(Cl)cc2Cl)nn2c1CCCCC2)c1ccc(Br)cc1.[Br-]. The molecule has 2 heterocycles. The van der Waals surface area contributed by atoms with E-state index in [0.717, 1.165) is 42.5 Å². The fourth-order valence-corrected chi connectivity index (χ4v) is 4.33. The Labute approximate surface area is 210 Å². The van der Waals surface area contributed by atoms with Crippen LogP contribution < -0.4 is 26.3 Å². The maximum Gasteiger partial charge on any atom is 0.315 e. The molecule has 1 aromatic heterocycles. The lowest BCUT2D eigenvalue weighted by Crippen LogP contribution is -3.00. The smallest absolute Gasteiger partial charge is 0.315 e. The third-order valence-electron chi connectivity index (χ3n) is 5.15. The van der Waals surface area contributed by atoms with Crippen molar-refractivity contribution >= 4 is 44.9 Å². The summed E-state index contributed by atoms with van der Waals surface area (Å²) >= 11 is 15.6. The monoisotopic (exact) mass is 587 g/mol. The number of ketones is 1. The van der Waals surface area contributed by atoms with E-state index in [0.29, 0.717) is 27.2 Å². The van der Waals surface area contributed by atoms with Crippen molar-refractivity contribution in [3.05, 3.63) is 74.2 Å². The highest BCUT2D eigenvalue weighted by atomic mass is 79.9. The number of halogens is 4. The van der Waals surface area contributed by atoms with Gasteiger partial charge in [0.05, 0.1) is 5.02 Å². The van der Waals surface area contributed by atoms with Gasteiger partial charge in [-0.2, -0.15) is 0 Å². The van der Waals surface area contributed by atoms with Crippen LogP contribution in [0.5, 0.6) is 5.75 Å². The number of nitrogens with zero attached hydrogens (tertiary/aromatic N) is 3. The van der Waals surface area contributed by atoms with Gasteiger partial charge in [-0.1, -0.05) is 51.3 Å². The van der Waals surface area contributed by atoms with Gasteiger partial charge in [-0.15, -0.1) is 4.68 Å². The molecule has 0 spiro atoms. The maximum atomic E-state index is 13.0. The molecular weight excluding hydrogens is 569 g/mol. The van der Waals surface area contributed by atoms with Crippen LogP contribution in [0.3, 0.4) is 0 Å². The molecule has 0 radical (unpaired) electrons. The van der Waals surface area contributed by atoms with E-state index < -0.39 is 0 Å². The van der Waals surface area contributed by atoms with Crippen LogP contribution in [-0.2, 0) is 26.1 Å². The molecule has 31 heavy (non-hydrogen) atoms. The summed E-state index contributed by atoms with van der Waals surface area (Å²) in [6.45, 7) is 1.29. The number of benzene rings is 2. The van der Waals surface area contributed by atoms with Gasteiger partial charge in [-0.3, -0.25) is 4.79 Å². The molecule has 9 heteroatoms. The first kappa shape index (κ1) is 24.2. The Kier molecular flexibility index (Phi) is 8.56. The molecule has 5 nitrogen and oxygen atoms in total. The van der Waals surface area contributed by atoms with Gasteiger partial charge in [-0.05, 0) is 49.6 Å². The van der Waals surface area contributed by atoms with E-state index in [-0.39, 0.29) is 35.9 Å². The van der Waals surface area contributed by atoms with Crippen molar-refractivity contribution in [2.24, 2.45) is 0 Å². The van der Waals surface area contributed by atoms with Crippen molar-refractivity contribution in [3.63, 3.8) is 0 Å². The predicted molar refractivity (Wildman–Crippen MR) is 119 cm³/mol. The van der Waals surface area contributed by atoms with Crippen LogP contribution in [0.2, 0.25) is 10.0 Å². The van der Waals surface area contributed by atoms with Gasteiger partial charge in [-0.25, -0.2) is 4.57 Å². The van der Waals surface area contributed by atoms with Gasteiger partial charge >= 0.3 is 5.82 Å². The lowest BCUT2D eigenvalue weighted by molar-refractivity contribution is -0.700. The van der Waals surface area contributed by atoms with Crippen molar-refractivity contribution in [2.75, 3.05) is 0 Å². The Hall–Kier alpha value is -1.41. The molecule has 0 amide bonds. The van der Waals surface area contributed by atoms with E-state index in [2.05, 4.69) is 15.9 Å².